The Morgan fingerprint density at radius 1 is 1.10 bits per heavy atom. The van der Waals surface area contributed by atoms with E-state index in [0.29, 0.717) is 0 Å². The maximum Gasteiger partial charge on any atom is 0.319 e. The highest BCUT2D eigenvalue weighted by atomic mass is 16.4. The maximum atomic E-state index is 12.6. The van der Waals surface area contributed by atoms with Crippen LogP contribution in [0.1, 0.15) is 64.7 Å². The van der Waals surface area contributed by atoms with Gasteiger partial charge in [-0.25, -0.2) is 4.79 Å². The lowest BCUT2D eigenvalue weighted by Crippen LogP contribution is -2.55. The summed E-state index contributed by atoms with van der Waals surface area (Å²) in [6.45, 7) is 2.87. The molecule has 0 aromatic carbocycles. The summed E-state index contributed by atoms with van der Waals surface area (Å²) in [4.78, 5) is 27.2. The lowest BCUT2D eigenvalue weighted by Gasteiger charge is -2.45. The molecule has 1 saturated carbocycles. The van der Waals surface area contributed by atoms with E-state index in [1.807, 2.05) is 7.05 Å². The van der Waals surface area contributed by atoms with Crippen LogP contribution >= 0.6 is 0 Å². The topological polar surface area (TPSA) is 60.9 Å². The van der Waals surface area contributed by atoms with Crippen molar-refractivity contribution in [1.82, 2.24) is 9.80 Å². The standard InChI is InChI=1S/C16H30N2O3/c1-4-5-9-12-17(2)15(21)18(3)16(13-14(19)20)10-7-6-8-11-16/h4-13H2,1-3H3,(H,19,20). The van der Waals surface area contributed by atoms with E-state index in [1.165, 1.54) is 0 Å². The van der Waals surface area contributed by atoms with Gasteiger partial charge in [0, 0.05) is 20.6 Å². The first kappa shape index (κ1) is 17.8. The molecule has 0 spiro atoms. The van der Waals surface area contributed by atoms with Crippen LogP contribution in [-0.2, 0) is 4.79 Å². The highest BCUT2D eigenvalue weighted by Crippen LogP contribution is 2.36. The van der Waals surface area contributed by atoms with Gasteiger partial charge in [-0.05, 0) is 19.3 Å². The summed E-state index contributed by atoms with van der Waals surface area (Å²) in [5, 5.41) is 9.22. The number of carboxylic acid groups (broad SMARTS) is 1. The van der Waals surface area contributed by atoms with Crippen LogP contribution < -0.4 is 0 Å². The molecule has 0 aromatic rings. The van der Waals surface area contributed by atoms with Crippen molar-refractivity contribution >= 4 is 12.0 Å². The van der Waals surface area contributed by atoms with Gasteiger partial charge < -0.3 is 14.9 Å². The van der Waals surface area contributed by atoms with Gasteiger partial charge in [-0.2, -0.15) is 0 Å². The molecule has 122 valence electrons. The Bertz CT molecular complexity index is 351. The summed E-state index contributed by atoms with van der Waals surface area (Å²) in [6.07, 6.45) is 8.03. The Labute approximate surface area is 128 Å². The highest BCUT2D eigenvalue weighted by Gasteiger charge is 2.41. The smallest absolute Gasteiger partial charge is 0.319 e. The Hall–Kier alpha value is -1.26. The van der Waals surface area contributed by atoms with Gasteiger partial charge in [0.1, 0.15) is 0 Å². The van der Waals surface area contributed by atoms with Gasteiger partial charge in [0.15, 0.2) is 0 Å². The number of carboxylic acids is 1. The predicted molar refractivity (Wildman–Crippen MR) is 83.4 cm³/mol. The molecule has 1 aliphatic rings. The zero-order chi connectivity index (χ0) is 15.9. The van der Waals surface area contributed by atoms with Gasteiger partial charge in [0.05, 0.1) is 12.0 Å². The van der Waals surface area contributed by atoms with Crippen LogP contribution in [0.4, 0.5) is 4.79 Å². The third-order valence-corrected chi connectivity index (χ3v) is 4.69. The molecule has 2 amide bonds. The van der Waals surface area contributed by atoms with Gasteiger partial charge in [0.2, 0.25) is 0 Å². The fourth-order valence-corrected chi connectivity index (χ4v) is 3.28. The molecule has 1 aliphatic carbocycles. The van der Waals surface area contributed by atoms with Crippen LogP contribution in [-0.4, -0.2) is 53.1 Å². The van der Waals surface area contributed by atoms with E-state index in [4.69, 9.17) is 0 Å². The summed E-state index contributed by atoms with van der Waals surface area (Å²) >= 11 is 0. The number of carbonyl (C=O) groups excluding carboxylic acids is 1. The molecule has 0 aliphatic heterocycles. The van der Waals surface area contributed by atoms with Crippen LogP contribution in [0.15, 0.2) is 0 Å². The number of urea groups is 1. The van der Waals surface area contributed by atoms with Gasteiger partial charge in [-0.15, -0.1) is 0 Å². The number of unbranched alkanes of at least 4 members (excludes halogenated alkanes) is 2. The van der Waals surface area contributed by atoms with Gasteiger partial charge >= 0.3 is 12.0 Å². The van der Waals surface area contributed by atoms with E-state index in [-0.39, 0.29) is 12.5 Å². The molecule has 1 fully saturated rings. The van der Waals surface area contributed by atoms with E-state index >= 15 is 0 Å². The Balaban J connectivity index is 2.72. The van der Waals surface area contributed by atoms with E-state index < -0.39 is 11.5 Å². The Morgan fingerprint density at radius 2 is 1.71 bits per heavy atom. The summed E-state index contributed by atoms with van der Waals surface area (Å²) < 4.78 is 0. The van der Waals surface area contributed by atoms with E-state index in [1.54, 1.807) is 16.8 Å². The zero-order valence-electron chi connectivity index (χ0n) is 13.7. The van der Waals surface area contributed by atoms with Crippen LogP contribution in [0.3, 0.4) is 0 Å². The number of rotatable bonds is 7. The molecule has 0 unspecified atom stereocenters. The quantitative estimate of drug-likeness (QED) is 0.733. The van der Waals surface area contributed by atoms with E-state index in [9.17, 15) is 14.7 Å². The molecule has 1 rings (SSSR count). The lowest BCUT2D eigenvalue weighted by atomic mass is 9.78. The molecule has 5 nitrogen and oxygen atoms in total. The number of carbonyl (C=O) groups is 2. The van der Waals surface area contributed by atoms with Gasteiger partial charge in [0.25, 0.3) is 0 Å². The van der Waals surface area contributed by atoms with Crippen LogP contribution in [0.5, 0.6) is 0 Å². The number of amides is 2. The second-order valence-corrected chi connectivity index (χ2v) is 6.33. The average molecular weight is 298 g/mol. The second-order valence-electron chi connectivity index (χ2n) is 6.33. The first-order valence-corrected chi connectivity index (χ1v) is 8.13. The van der Waals surface area contributed by atoms with Crippen molar-refractivity contribution in [2.24, 2.45) is 0 Å². The maximum absolute atomic E-state index is 12.6. The fraction of sp³-hybridized carbons (Fsp3) is 0.875. The van der Waals surface area contributed by atoms with Crippen molar-refractivity contribution in [2.45, 2.75) is 70.3 Å². The Kier molecular flexibility index (Phi) is 6.99. The molecular formula is C16H30N2O3. The monoisotopic (exact) mass is 298 g/mol. The zero-order valence-corrected chi connectivity index (χ0v) is 13.7. The van der Waals surface area contributed by atoms with Crippen molar-refractivity contribution in [3.05, 3.63) is 0 Å². The van der Waals surface area contributed by atoms with Crippen LogP contribution in [0, 0.1) is 0 Å². The molecule has 0 radical (unpaired) electrons. The fourth-order valence-electron chi connectivity index (χ4n) is 3.28. The van der Waals surface area contributed by atoms with Gasteiger partial charge in [-0.3, -0.25) is 4.79 Å². The molecule has 0 bridgehead atoms. The third kappa shape index (κ3) is 4.90. The van der Waals surface area contributed by atoms with E-state index in [2.05, 4.69) is 6.92 Å². The normalized spacial score (nSPS) is 17.3. The van der Waals surface area contributed by atoms with Crippen molar-refractivity contribution in [2.75, 3.05) is 20.6 Å². The number of aliphatic carboxylic acids is 1. The molecule has 0 atom stereocenters. The average Bonchev–Trinajstić information content (AvgIpc) is 2.46. The molecule has 0 heterocycles. The van der Waals surface area contributed by atoms with Crippen molar-refractivity contribution in [1.29, 1.82) is 0 Å². The molecule has 0 saturated heterocycles. The second kappa shape index (κ2) is 8.25. The third-order valence-electron chi connectivity index (χ3n) is 4.69. The predicted octanol–water partition coefficient (Wildman–Crippen LogP) is 3.34. The largest absolute Gasteiger partial charge is 0.481 e. The first-order chi connectivity index (χ1) is 9.93. The lowest BCUT2D eigenvalue weighted by molar-refractivity contribution is -0.140. The minimum Gasteiger partial charge on any atom is -0.481 e. The SMILES string of the molecule is CCCCCN(C)C(=O)N(C)C1(CC(=O)O)CCCCC1. The molecule has 0 aromatic heterocycles. The summed E-state index contributed by atoms with van der Waals surface area (Å²) in [7, 11) is 3.58. The Morgan fingerprint density at radius 3 is 2.24 bits per heavy atom. The summed E-state index contributed by atoms with van der Waals surface area (Å²) in [5.74, 6) is -0.815. The highest BCUT2D eigenvalue weighted by molar-refractivity contribution is 5.76. The van der Waals surface area contributed by atoms with Gasteiger partial charge in [-0.1, -0.05) is 39.0 Å². The number of hydrogen-bond acceptors (Lipinski definition) is 2. The molecule has 5 heteroatoms. The minimum atomic E-state index is -0.815. The number of hydrogen-bond donors (Lipinski definition) is 1. The summed E-state index contributed by atoms with van der Waals surface area (Å²) in [6, 6.07) is -0.0470. The minimum absolute atomic E-state index is 0.0470. The van der Waals surface area contributed by atoms with Crippen molar-refractivity contribution in [3.63, 3.8) is 0 Å². The molecular weight excluding hydrogens is 268 g/mol. The van der Waals surface area contributed by atoms with Crippen molar-refractivity contribution in [3.8, 4) is 0 Å². The van der Waals surface area contributed by atoms with Crippen molar-refractivity contribution < 1.29 is 14.7 Å². The summed E-state index contributed by atoms with van der Waals surface area (Å²) in [5.41, 5.74) is -0.500. The first-order valence-electron chi connectivity index (χ1n) is 8.13. The molecule has 1 N–H and O–H groups in total. The molecule has 21 heavy (non-hydrogen) atoms. The van der Waals surface area contributed by atoms with E-state index in [0.717, 1.165) is 57.9 Å². The number of nitrogens with zero attached hydrogens (tertiary/aromatic N) is 2. The van der Waals surface area contributed by atoms with Crippen LogP contribution in [0.2, 0.25) is 0 Å². The van der Waals surface area contributed by atoms with Crippen LogP contribution in [0.25, 0.3) is 0 Å².